The Morgan fingerprint density at radius 3 is 2.48 bits per heavy atom. The molecule has 1 heterocycles. The standard InChI is InChI=1S/C23H28FN3O3S/c1-17(23(28)25-21-9-6-18-4-2-5-19(18)16-21)26-12-3-13-27(15-14-26)31(29,30)22-10-7-20(24)8-11-22/h6-11,16-17H,2-5,12-15H2,1H3,(H,25,28). The van der Waals surface area contributed by atoms with E-state index in [1.54, 1.807) is 0 Å². The summed E-state index contributed by atoms with van der Waals surface area (Å²) < 4.78 is 40.4. The molecular weight excluding hydrogens is 417 g/mol. The van der Waals surface area contributed by atoms with Crippen LogP contribution in [0.1, 0.15) is 30.9 Å². The van der Waals surface area contributed by atoms with Gasteiger partial charge in [-0.15, -0.1) is 0 Å². The Morgan fingerprint density at radius 2 is 1.71 bits per heavy atom. The number of halogens is 1. The summed E-state index contributed by atoms with van der Waals surface area (Å²) in [7, 11) is -3.69. The fourth-order valence-electron chi connectivity index (χ4n) is 4.36. The molecule has 1 unspecified atom stereocenters. The van der Waals surface area contributed by atoms with Gasteiger partial charge in [0.25, 0.3) is 0 Å². The second-order valence-electron chi connectivity index (χ2n) is 8.25. The summed E-state index contributed by atoms with van der Waals surface area (Å²) >= 11 is 0. The highest BCUT2D eigenvalue weighted by Gasteiger charge is 2.30. The van der Waals surface area contributed by atoms with Gasteiger partial charge in [0, 0.05) is 31.9 Å². The molecule has 1 atom stereocenters. The lowest BCUT2D eigenvalue weighted by molar-refractivity contribution is -0.120. The second kappa shape index (κ2) is 9.06. The predicted octanol–water partition coefficient (Wildman–Crippen LogP) is 3.04. The molecule has 1 aliphatic carbocycles. The molecule has 1 saturated heterocycles. The lowest BCUT2D eigenvalue weighted by Crippen LogP contribution is -2.44. The molecule has 31 heavy (non-hydrogen) atoms. The molecule has 1 aliphatic heterocycles. The minimum Gasteiger partial charge on any atom is -0.325 e. The molecule has 0 aromatic heterocycles. The lowest BCUT2D eigenvalue weighted by atomic mass is 10.1. The van der Waals surface area contributed by atoms with Crippen LogP contribution in [0.2, 0.25) is 0 Å². The van der Waals surface area contributed by atoms with Crippen molar-refractivity contribution in [2.45, 2.75) is 43.5 Å². The maximum Gasteiger partial charge on any atom is 0.243 e. The van der Waals surface area contributed by atoms with Crippen LogP contribution in [-0.4, -0.2) is 55.8 Å². The molecule has 2 aromatic rings. The van der Waals surface area contributed by atoms with Crippen molar-refractivity contribution in [1.82, 2.24) is 9.21 Å². The minimum atomic E-state index is -3.69. The first-order chi connectivity index (χ1) is 14.8. The molecule has 166 valence electrons. The normalized spacial score (nSPS) is 18.9. The van der Waals surface area contributed by atoms with E-state index in [1.165, 1.54) is 27.6 Å². The smallest absolute Gasteiger partial charge is 0.243 e. The van der Waals surface area contributed by atoms with Crippen LogP contribution in [0, 0.1) is 5.82 Å². The largest absolute Gasteiger partial charge is 0.325 e. The van der Waals surface area contributed by atoms with E-state index in [-0.39, 0.29) is 23.4 Å². The Morgan fingerprint density at radius 1 is 0.968 bits per heavy atom. The van der Waals surface area contributed by atoms with Gasteiger partial charge in [-0.2, -0.15) is 4.31 Å². The molecule has 0 radical (unpaired) electrons. The van der Waals surface area contributed by atoms with Gasteiger partial charge in [-0.05, 0) is 80.1 Å². The number of sulfonamides is 1. The fraction of sp³-hybridized carbons (Fsp3) is 0.435. The van der Waals surface area contributed by atoms with Crippen molar-refractivity contribution >= 4 is 21.6 Å². The summed E-state index contributed by atoms with van der Waals surface area (Å²) in [6, 6.07) is 10.6. The Labute approximate surface area is 183 Å². The second-order valence-corrected chi connectivity index (χ2v) is 10.2. The summed E-state index contributed by atoms with van der Waals surface area (Å²) in [6.07, 6.45) is 3.94. The third-order valence-electron chi connectivity index (χ3n) is 6.23. The Bertz CT molecular complexity index is 1060. The van der Waals surface area contributed by atoms with Crippen LogP contribution < -0.4 is 5.32 Å². The van der Waals surface area contributed by atoms with Gasteiger partial charge in [0.2, 0.25) is 15.9 Å². The number of hydrogen-bond acceptors (Lipinski definition) is 4. The number of rotatable bonds is 5. The number of aryl methyl sites for hydroxylation is 2. The molecule has 1 fully saturated rings. The number of benzene rings is 2. The van der Waals surface area contributed by atoms with Gasteiger partial charge >= 0.3 is 0 Å². The van der Waals surface area contributed by atoms with Crippen LogP contribution in [0.4, 0.5) is 10.1 Å². The molecule has 0 saturated carbocycles. The first-order valence-electron chi connectivity index (χ1n) is 10.8. The van der Waals surface area contributed by atoms with Crippen molar-refractivity contribution in [1.29, 1.82) is 0 Å². The predicted molar refractivity (Wildman–Crippen MR) is 118 cm³/mol. The van der Waals surface area contributed by atoms with E-state index in [2.05, 4.69) is 17.4 Å². The highest BCUT2D eigenvalue weighted by molar-refractivity contribution is 7.89. The molecule has 6 nitrogen and oxygen atoms in total. The van der Waals surface area contributed by atoms with Gasteiger partial charge < -0.3 is 5.32 Å². The number of nitrogens with zero attached hydrogens (tertiary/aromatic N) is 2. The zero-order valence-corrected chi connectivity index (χ0v) is 18.5. The number of nitrogens with one attached hydrogen (secondary N) is 1. The molecule has 4 rings (SSSR count). The minimum absolute atomic E-state index is 0.0877. The zero-order chi connectivity index (χ0) is 22.0. The van der Waals surface area contributed by atoms with E-state index in [9.17, 15) is 17.6 Å². The fourth-order valence-corrected chi connectivity index (χ4v) is 5.83. The zero-order valence-electron chi connectivity index (χ0n) is 17.7. The van der Waals surface area contributed by atoms with E-state index in [4.69, 9.17) is 0 Å². The summed E-state index contributed by atoms with van der Waals surface area (Å²) in [5.74, 6) is -0.558. The first kappa shape index (κ1) is 21.9. The van der Waals surface area contributed by atoms with E-state index in [1.807, 2.05) is 17.9 Å². The van der Waals surface area contributed by atoms with Crippen LogP contribution in [-0.2, 0) is 27.7 Å². The van der Waals surface area contributed by atoms with E-state index in [0.717, 1.165) is 37.1 Å². The van der Waals surface area contributed by atoms with Crippen molar-refractivity contribution in [3.05, 3.63) is 59.4 Å². The van der Waals surface area contributed by atoms with E-state index < -0.39 is 15.8 Å². The number of anilines is 1. The maximum absolute atomic E-state index is 13.2. The molecule has 0 spiro atoms. The highest BCUT2D eigenvalue weighted by Crippen LogP contribution is 2.25. The van der Waals surface area contributed by atoms with Gasteiger partial charge in [-0.3, -0.25) is 9.69 Å². The van der Waals surface area contributed by atoms with Crippen molar-refractivity contribution in [3.63, 3.8) is 0 Å². The molecule has 0 bridgehead atoms. The van der Waals surface area contributed by atoms with Gasteiger partial charge in [-0.25, -0.2) is 12.8 Å². The lowest BCUT2D eigenvalue weighted by Gasteiger charge is -2.27. The number of hydrogen-bond donors (Lipinski definition) is 1. The molecule has 8 heteroatoms. The third kappa shape index (κ3) is 4.81. The Kier molecular flexibility index (Phi) is 6.41. The van der Waals surface area contributed by atoms with Gasteiger partial charge in [0.15, 0.2) is 0 Å². The highest BCUT2D eigenvalue weighted by atomic mass is 32.2. The topological polar surface area (TPSA) is 69.7 Å². The van der Waals surface area contributed by atoms with Crippen LogP contribution in [0.15, 0.2) is 47.4 Å². The summed E-state index contributed by atoms with van der Waals surface area (Å²) in [5, 5.41) is 3.01. The number of carbonyl (C=O) groups is 1. The third-order valence-corrected chi connectivity index (χ3v) is 8.15. The van der Waals surface area contributed by atoms with Crippen molar-refractivity contribution in [3.8, 4) is 0 Å². The van der Waals surface area contributed by atoms with Crippen molar-refractivity contribution < 1.29 is 17.6 Å². The van der Waals surface area contributed by atoms with Crippen LogP contribution in [0.25, 0.3) is 0 Å². The van der Waals surface area contributed by atoms with Gasteiger partial charge in [-0.1, -0.05) is 6.07 Å². The van der Waals surface area contributed by atoms with Crippen LogP contribution in [0.5, 0.6) is 0 Å². The SMILES string of the molecule is CC(C(=O)Nc1ccc2c(c1)CCC2)N1CCCN(S(=O)(=O)c2ccc(F)cc2)CC1. The average Bonchev–Trinajstić information content (AvgIpc) is 3.07. The Hall–Kier alpha value is -2.29. The van der Waals surface area contributed by atoms with Gasteiger partial charge in [0.05, 0.1) is 10.9 Å². The monoisotopic (exact) mass is 445 g/mol. The van der Waals surface area contributed by atoms with Crippen LogP contribution in [0.3, 0.4) is 0 Å². The molecule has 2 aromatic carbocycles. The van der Waals surface area contributed by atoms with Crippen molar-refractivity contribution in [2.75, 3.05) is 31.5 Å². The van der Waals surface area contributed by atoms with Crippen molar-refractivity contribution in [2.24, 2.45) is 0 Å². The molecular formula is C23H28FN3O3S. The first-order valence-corrected chi connectivity index (χ1v) is 12.2. The molecule has 2 aliphatic rings. The van der Waals surface area contributed by atoms with E-state index in [0.29, 0.717) is 26.1 Å². The quantitative estimate of drug-likeness (QED) is 0.768. The number of carbonyl (C=O) groups excluding carboxylic acids is 1. The average molecular weight is 446 g/mol. The summed E-state index contributed by atoms with van der Waals surface area (Å²) in [4.78, 5) is 14.9. The Balaban J connectivity index is 1.38. The molecule has 1 N–H and O–H groups in total. The summed E-state index contributed by atoms with van der Waals surface area (Å²) in [6.45, 7) is 3.60. The maximum atomic E-state index is 13.2. The van der Waals surface area contributed by atoms with E-state index >= 15 is 0 Å². The number of fused-ring (bicyclic) bond motifs is 1. The number of amides is 1. The van der Waals surface area contributed by atoms with Crippen LogP contribution >= 0.6 is 0 Å². The summed E-state index contributed by atoms with van der Waals surface area (Å²) in [5.41, 5.74) is 3.48. The molecule has 1 amide bonds. The van der Waals surface area contributed by atoms with Gasteiger partial charge in [0.1, 0.15) is 5.82 Å².